The first-order valence-corrected chi connectivity index (χ1v) is 29.5. The van der Waals surface area contributed by atoms with Gasteiger partial charge in [-0.1, -0.05) is 41.5 Å². The molecule has 0 aliphatic carbocycles. The largest absolute Gasteiger partial charge is 0.481 e. The molecule has 16 nitrogen and oxygen atoms in total. The summed E-state index contributed by atoms with van der Waals surface area (Å²) < 4.78 is 81.6. The van der Waals surface area contributed by atoms with E-state index in [1.165, 1.54) is 28.4 Å². The van der Waals surface area contributed by atoms with E-state index in [1.54, 1.807) is 13.8 Å². The first kappa shape index (κ1) is 55.2. The standard InChI is InChI=1S/C43H81O16PSi2/c1-39(2,3)61(15,16)58-32(20-19-29-22-30(24-36(45)46)54-41(7,8)53-29)33-23-31(55-42(9,10)56-33)25-43(50-12)26-35(59-62(17,18)40(4,5)6)37(38(47)49-11)34(57-43)21-28(44)27-60(48,51-13)52-14/h29-35,37H,19-27H2,1-18H3,(H,45,46)/t29-,30-,31+,32-,33-,34+,35+,37+,43-/m1/s1. The van der Waals surface area contributed by atoms with E-state index in [4.69, 9.17) is 51.1 Å². The number of carboxylic acids is 1. The Hall–Kier alpha value is -1.13. The predicted octanol–water partition coefficient (Wildman–Crippen LogP) is 8.60. The molecule has 1 N–H and O–H groups in total. The Morgan fingerprint density at radius 3 is 1.84 bits per heavy atom. The van der Waals surface area contributed by atoms with Crippen molar-refractivity contribution in [3.05, 3.63) is 0 Å². The minimum absolute atomic E-state index is 0.117. The van der Waals surface area contributed by atoms with Crippen molar-refractivity contribution in [1.82, 2.24) is 0 Å². The van der Waals surface area contributed by atoms with Crippen molar-refractivity contribution in [2.45, 2.75) is 217 Å². The van der Waals surface area contributed by atoms with Gasteiger partial charge in [0.1, 0.15) is 17.9 Å². The smallest absolute Gasteiger partial charge is 0.337 e. The van der Waals surface area contributed by atoms with Crippen molar-refractivity contribution in [2.24, 2.45) is 5.92 Å². The van der Waals surface area contributed by atoms with Crippen LogP contribution in [0.5, 0.6) is 0 Å². The molecule has 3 aliphatic heterocycles. The summed E-state index contributed by atoms with van der Waals surface area (Å²) in [6.45, 7) is 28.8. The number of hydrogen-bond donors (Lipinski definition) is 1. The van der Waals surface area contributed by atoms with Gasteiger partial charge in [0.2, 0.25) is 0 Å². The topological polar surface area (TPSA) is 190 Å². The van der Waals surface area contributed by atoms with E-state index in [0.29, 0.717) is 25.7 Å². The van der Waals surface area contributed by atoms with Gasteiger partial charge in [0, 0.05) is 53.4 Å². The van der Waals surface area contributed by atoms with Crippen molar-refractivity contribution < 1.29 is 75.1 Å². The van der Waals surface area contributed by atoms with Gasteiger partial charge >= 0.3 is 19.5 Å². The lowest BCUT2D eigenvalue weighted by molar-refractivity contribution is -0.345. The van der Waals surface area contributed by atoms with Crippen molar-refractivity contribution in [3.8, 4) is 0 Å². The van der Waals surface area contributed by atoms with Gasteiger partial charge < -0.3 is 56.2 Å². The molecule has 0 unspecified atom stereocenters. The molecular formula is C43H81O16PSi2. The summed E-state index contributed by atoms with van der Waals surface area (Å²) >= 11 is 0. The molecule has 9 atom stereocenters. The van der Waals surface area contributed by atoms with Crippen LogP contribution < -0.4 is 0 Å². The van der Waals surface area contributed by atoms with E-state index in [9.17, 15) is 24.1 Å². The van der Waals surface area contributed by atoms with Crippen LogP contribution in [0.3, 0.4) is 0 Å². The number of Topliss-reactive ketones (excluding diaryl/α,β-unsaturated/α-hetero) is 1. The Morgan fingerprint density at radius 1 is 0.774 bits per heavy atom. The first-order valence-electron chi connectivity index (χ1n) is 22.0. The van der Waals surface area contributed by atoms with Gasteiger partial charge in [-0.3, -0.25) is 18.9 Å². The normalized spacial score (nSPS) is 30.4. The van der Waals surface area contributed by atoms with E-state index < -0.39 is 102 Å². The highest BCUT2D eigenvalue weighted by molar-refractivity contribution is 7.54. The second-order valence-corrected chi connectivity index (χ2v) is 33.0. The molecular weight excluding hydrogens is 860 g/mol. The number of aliphatic carboxylic acids is 1. The molecule has 3 fully saturated rings. The summed E-state index contributed by atoms with van der Waals surface area (Å²) in [7, 11) is -3.45. The summed E-state index contributed by atoms with van der Waals surface area (Å²) in [5, 5.41) is 9.20. The van der Waals surface area contributed by atoms with Crippen LogP contribution >= 0.6 is 7.60 Å². The number of carbonyl (C=O) groups is 3. The lowest BCUT2D eigenvalue weighted by atomic mass is 9.82. The van der Waals surface area contributed by atoms with Gasteiger partial charge in [0.05, 0.1) is 56.3 Å². The summed E-state index contributed by atoms with van der Waals surface area (Å²) in [6, 6.07) is 0. The fourth-order valence-electron chi connectivity index (χ4n) is 8.19. The molecule has 62 heavy (non-hydrogen) atoms. The molecule has 0 saturated carbocycles. The average Bonchev–Trinajstić information content (AvgIpc) is 3.10. The van der Waals surface area contributed by atoms with E-state index in [0.717, 1.165) is 0 Å². The second kappa shape index (κ2) is 20.8. The van der Waals surface area contributed by atoms with Crippen LogP contribution in [-0.4, -0.2) is 134 Å². The monoisotopic (exact) mass is 940 g/mol. The minimum Gasteiger partial charge on any atom is -0.481 e. The molecule has 362 valence electrons. The number of esters is 1. The maximum absolute atomic E-state index is 13.7. The van der Waals surface area contributed by atoms with Crippen molar-refractivity contribution >= 4 is 42.0 Å². The number of methoxy groups -OCH3 is 2. The highest BCUT2D eigenvalue weighted by Crippen LogP contribution is 2.49. The van der Waals surface area contributed by atoms with E-state index in [-0.39, 0.29) is 48.0 Å². The highest BCUT2D eigenvalue weighted by Gasteiger charge is 2.56. The Labute approximate surface area is 373 Å². The number of ether oxygens (including phenoxy) is 7. The number of ketones is 1. The molecule has 0 spiro atoms. The van der Waals surface area contributed by atoms with Crippen LogP contribution in [0.1, 0.15) is 121 Å². The molecule has 0 radical (unpaired) electrons. The summed E-state index contributed by atoms with van der Waals surface area (Å²) in [6.07, 6.45) is -2.68. The van der Waals surface area contributed by atoms with E-state index >= 15 is 0 Å². The van der Waals surface area contributed by atoms with E-state index in [2.05, 4.69) is 67.7 Å². The molecule has 0 bridgehead atoms. The summed E-state index contributed by atoms with van der Waals surface area (Å²) in [5.41, 5.74) is 0. The third-order valence-corrected chi connectivity index (χ3v) is 24.2. The number of hydrogen-bond acceptors (Lipinski definition) is 15. The molecule has 0 aromatic rings. The lowest BCUT2D eigenvalue weighted by Crippen LogP contribution is -2.61. The zero-order valence-corrected chi connectivity index (χ0v) is 43.9. The van der Waals surface area contributed by atoms with Crippen LogP contribution in [0.25, 0.3) is 0 Å². The third-order valence-electron chi connectivity index (χ3n) is 13.3. The van der Waals surface area contributed by atoms with Gasteiger partial charge in [0.15, 0.2) is 34.0 Å². The summed E-state index contributed by atoms with van der Waals surface area (Å²) in [4.78, 5) is 39.1. The molecule has 0 aromatic heterocycles. The van der Waals surface area contributed by atoms with Gasteiger partial charge in [-0.25, -0.2) is 0 Å². The Bertz CT molecular complexity index is 1570. The Balaban J connectivity index is 2.05. The van der Waals surface area contributed by atoms with Crippen LogP contribution in [0.4, 0.5) is 0 Å². The van der Waals surface area contributed by atoms with Crippen LogP contribution in [0.15, 0.2) is 0 Å². The number of carboxylic acid groups (broad SMARTS) is 1. The molecule has 3 heterocycles. The lowest BCUT2D eigenvalue weighted by Gasteiger charge is -2.52. The number of rotatable bonds is 20. The predicted molar refractivity (Wildman–Crippen MR) is 238 cm³/mol. The highest BCUT2D eigenvalue weighted by atomic mass is 31.2. The van der Waals surface area contributed by atoms with Crippen LogP contribution in [0.2, 0.25) is 36.3 Å². The molecule has 3 rings (SSSR count). The van der Waals surface area contributed by atoms with Gasteiger partial charge in [-0.2, -0.15) is 0 Å². The van der Waals surface area contributed by atoms with Gasteiger partial charge in [-0.05, 0) is 76.8 Å². The first-order chi connectivity index (χ1) is 28.1. The zero-order chi connectivity index (χ0) is 47.5. The maximum Gasteiger partial charge on any atom is 0.337 e. The SMILES string of the molecule is COC(=O)[C@H]1[C@H](CC(=O)CP(=O)(OC)OC)O[C@@](C[C@@H]2C[C@H]([C@@H](CC[C@@H]3C[C@H](CC(=O)O)OC(C)(C)O3)O[Si](C)(C)C(C)(C)C)OC(C)(C)O2)(OC)C[C@@H]1O[Si](C)(C)C(C)(C)C. The van der Waals surface area contributed by atoms with Crippen molar-refractivity contribution in [2.75, 3.05) is 34.6 Å². The Morgan fingerprint density at radius 2 is 1.32 bits per heavy atom. The molecule has 3 aliphatic rings. The molecule has 0 amide bonds. The average molecular weight is 941 g/mol. The maximum atomic E-state index is 13.7. The number of carbonyl (C=O) groups excluding carboxylic acids is 2. The van der Waals surface area contributed by atoms with E-state index in [1.807, 2.05) is 13.8 Å². The quantitative estimate of drug-likeness (QED) is 0.0693. The summed E-state index contributed by atoms with van der Waals surface area (Å²) in [5.74, 6) is -6.46. The van der Waals surface area contributed by atoms with Crippen LogP contribution in [-0.2, 0) is 70.0 Å². The van der Waals surface area contributed by atoms with Crippen LogP contribution in [0, 0.1) is 5.92 Å². The van der Waals surface area contributed by atoms with Crippen molar-refractivity contribution in [3.63, 3.8) is 0 Å². The fourth-order valence-corrected chi connectivity index (χ4v) is 11.9. The zero-order valence-electron chi connectivity index (χ0n) is 41.0. The minimum atomic E-state index is -3.74. The third kappa shape index (κ3) is 14.9. The van der Waals surface area contributed by atoms with Gasteiger partial charge in [-0.15, -0.1) is 0 Å². The second-order valence-electron chi connectivity index (χ2n) is 21.3. The fraction of sp³-hybridized carbons (Fsp3) is 0.930. The molecule has 0 aromatic carbocycles. The van der Waals surface area contributed by atoms with Gasteiger partial charge in [0.25, 0.3) is 0 Å². The molecule has 19 heteroatoms. The Kier molecular flexibility index (Phi) is 18.5. The van der Waals surface area contributed by atoms with Crippen molar-refractivity contribution in [1.29, 1.82) is 0 Å². The molecule has 3 saturated heterocycles.